The summed E-state index contributed by atoms with van der Waals surface area (Å²) in [7, 11) is 1.80. The Morgan fingerprint density at radius 2 is 1.90 bits per heavy atom. The van der Waals surface area contributed by atoms with E-state index in [4.69, 9.17) is 0 Å². The van der Waals surface area contributed by atoms with Crippen molar-refractivity contribution in [3.8, 4) is 0 Å². The lowest BCUT2D eigenvalue weighted by molar-refractivity contribution is 0.0993. The molecule has 4 nitrogen and oxygen atoms in total. The third-order valence-electron chi connectivity index (χ3n) is 3.63. The Morgan fingerprint density at radius 3 is 2.65 bits per heavy atom. The van der Waals surface area contributed by atoms with Gasteiger partial charge in [0.25, 0.3) is 5.91 Å². The highest BCUT2D eigenvalue weighted by Crippen LogP contribution is 2.35. The highest BCUT2D eigenvalue weighted by molar-refractivity contribution is 6.13. The number of carbonyl (C=O) groups excluding carboxylic acids is 1. The maximum absolute atomic E-state index is 12.7. The van der Waals surface area contributed by atoms with Crippen LogP contribution < -0.4 is 10.2 Å². The summed E-state index contributed by atoms with van der Waals surface area (Å²) in [5, 5.41) is 3.31. The monoisotopic (exact) mass is 267 g/mol. The van der Waals surface area contributed by atoms with E-state index >= 15 is 0 Å². The van der Waals surface area contributed by atoms with Gasteiger partial charge in [-0.25, -0.2) is 4.98 Å². The summed E-state index contributed by atoms with van der Waals surface area (Å²) < 4.78 is 0. The molecular formula is C16H17N3O. The fourth-order valence-corrected chi connectivity index (χ4v) is 2.64. The molecule has 3 rings (SSSR count). The number of pyridine rings is 1. The molecule has 0 spiro atoms. The average Bonchev–Trinajstić information content (AvgIpc) is 2.45. The second kappa shape index (κ2) is 4.34. The molecule has 4 heteroatoms. The lowest BCUT2D eigenvalue weighted by Crippen LogP contribution is -2.26. The summed E-state index contributed by atoms with van der Waals surface area (Å²) in [5.74, 6) is 0.615. The van der Waals surface area contributed by atoms with Crippen molar-refractivity contribution in [3.63, 3.8) is 0 Å². The number of rotatable bonds is 0. The zero-order valence-electron chi connectivity index (χ0n) is 12.1. The van der Waals surface area contributed by atoms with Crippen LogP contribution in [0.15, 0.2) is 24.3 Å². The number of fused-ring (bicyclic) bond motifs is 2. The van der Waals surface area contributed by atoms with Crippen molar-refractivity contribution in [2.75, 3.05) is 17.3 Å². The number of nitrogens with one attached hydrogen (secondary N) is 1. The van der Waals surface area contributed by atoms with Crippen LogP contribution in [0, 0.1) is 20.8 Å². The van der Waals surface area contributed by atoms with Crippen molar-refractivity contribution in [1.82, 2.24) is 4.98 Å². The third-order valence-corrected chi connectivity index (χ3v) is 3.63. The van der Waals surface area contributed by atoms with Crippen LogP contribution in [0.4, 0.5) is 17.2 Å². The summed E-state index contributed by atoms with van der Waals surface area (Å²) in [6, 6.07) is 7.94. The van der Waals surface area contributed by atoms with Gasteiger partial charge < -0.3 is 10.2 Å². The highest BCUT2D eigenvalue weighted by Gasteiger charge is 2.26. The second-order valence-electron chi connectivity index (χ2n) is 5.31. The zero-order chi connectivity index (χ0) is 14.4. The molecule has 20 heavy (non-hydrogen) atoms. The van der Waals surface area contributed by atoms with Gasteiger partial charge in [-0.1, -0.05) is 6.07 Å². The molecule has 0 aliphatic carbocycles. The Morgan fingerprint density at radius 1 is 1.15 bits per heavy atom. The van der Waals surface area contributed by atoms with E-state index in [1.54, 1.807) is 11.9 Å². The molecule has 0 atom stereocenters. The van der Waals surface area contributed by atoms with Gasteiger partial charge in [-0.15, -0.1) is 0 Å². The lowest BCUT2D eigenvalue weighted by atomic mass is 10.1. The zero-order valence-corrected chi connectivity index (χ0v) is 12.1. The molecule has 0 saturated heterocycles. The molecule has 1 N–H and O–H groups in total. The number of aryl methyl sites for hydroxylation is 3. The van der Waals surface area contributed by atoms with Crippen molar-refractivity contribution in [3.05, 3.63) is 46.6 Å². The number of benzene rings is 1. The van der Waals surface area contributed by atoms with E-state index < -0.39 is 0 Å². The third kappa shape index (κ3) is 1.84. The predicted molar refractivity (Wildman–Crippen MR) is 80.9 cm³/mol. The van der Waals surface area contributed by atoms with Crippen LogP contribution in [-0.4, -0.2) is 17.9 Å². The molecule has 0 bridgehead atoms. The molecule has 0 fully saturated rings. The van der Waals surface area contributed by atoms with E-state index in [-0.39, 0.29) is 5.91 Å². The van der Waals surface area contributed by atoms with Gasteiger partial charge in [-0.05, 0) is 50.1 Å². The van der Waals surface area contributed by atoms with Crippen LogP contribution in [0.3, 0.4) is 0 Å². The molecule has 102 valence electrons. The first-order chi connectivity index (χ1) is 9.47. The van der Waals surface area contributed by atoms with Crippen molar-refractivity contribution < 1.29 is 4.79 Å². The number of hydrogen-bond acceptors (Lipinski definition) is 3. The normalized spacial score (nSPS) is 13.4. The summed E-state index contributed by atoms with van der Waals surface area (Å²) >= 11 is 0. The largest absolute Gasteiger partial charge is 0.338 e. The fourth-order valence-electron chi connectivity index (χ4n) is 2.64. The van der Waals surface area contributed by atoms with Crippen LogP contribution >= 0.6 is 0 Å². The molecule has 1 aliphatic rings. The highest BCUT2D eigenvalue weighted by atomic mass is 16.2. The van der Waals surface area contributed by atoms with Gasteiger partial charge in [0.2, 0.25) is 0 Å². The first kappa shape index (κ1) is 12.7. The average molecular weight is 267 g/mol. The lowest BCUT2D eigenvalue weighted by Gasteiger charge is -2.17. The van der Waals surface area contributed by atoms with E-state index in [0.717, 1.165) is 28.2 Å². The minimum absolute atomic E-state index is 0.0277. The van der Waals surface area contributed by atoms with Gasteiger partial charge in [0.05, 0.1) is 16.9 Å². The van der Waals surface area contributed by atoms with Crippen LogP contribution in [0.1, 0.15) is 27.2 Å². The number of aromatic nitrogens is 1. The minimum Gasteiger partial charge on any atom is -0.338 e. The first-order valence-corrected chi connectivity index (χ1v) is 6.61. The van der Waals surface area contributed by atoms with Crippen LogP contribution in [0.25, 0.3) is 0 Å². The van der Waals surface area contributed by atoms with Gasteiger partial charge in [0.1, 0.15) is 5.82 Å². The fraction of sp³-hybridized carbons (Fsp3) is 0.250. The number of anilines is 3. The Balaban J connectivity index is 2.28. The number of hydrogen-bond donors (Lipinski definition) is 1. The second-order valence-corrected chi connectivity index (χ2v) is 5.31. The van der Waals surface area contributed by atoms with Crippen molar-refractivity contribution >= 4 is 23.1 Å². The quantitative estimate of drug-likeness (QED) is 0.796. The Labute approximate surface area is 118 Å². The molecule has 0 radical (unpaired) electrons. The van der Waals surface area contributed by atoms with E-state index in [2.05, 4.69) is 10.3 Å². The molecule has 1 aliphatic heterocycles. The first-order valence-electron chi connectivity index (χ1n) is 6.61. The Bertz CT molecular complexity index is 722. The van der Waals surface area contributed by atoms with Crippen molar-refractivity contribution in [2.45, 2.75) is 20.8 Å². The molecule has 2 aromatic rings. The Kier molecular flexibility index (Phi) is 2.74. The van der Waals surface area contributed by atoms with Gasteiger partial charge in [-0.3, -0.25) is 4.79 Å². The van der Waals surface area contributed by atoms with Crippen LogP contribution in [0.2, 0.25) is 0 Å². The summed E-state index contributed by atoms with van der Waals surface area (Å²) in [6.45, 7) is 5.91. The number of nitrogens with zero attached hydrogens (tertiary/aromatic N) is 2. The topological polar surface area (TPSA) is 45.2 Å². The number of amides is 1. The van der Waals surface area contributed by atoms with E-state index in [0.29, 0.717) is 11.4 Å². The minimum atomic E-state index is -0.0277. The molecule has 1 amide bonds. The molecule has 1 aromatic heterocycles. The standard InChI is InChI=1S/C16H17N3O/c1-9-5-6-13-12(7-9)18-15-14(16(20)19(13)4)10(2)8-11(3)17-15/h5-8H,1-4H3,(H,17,18). The molecule has 1 aromatic carbocycles. The maximum atomic E-state index is 12.7. The summed E-state index contributed by atoms with van der Waals surface area (Å²) in [4.78, 5) is 18.8. The van der Waals surface area contributed by atoms with Crippen LogP contribution in [0.5, 0.6) is 0 Å². The van der Waals surface area contributed by atoms with Crippen LogP contribution in [-0.2, 0) is 0 Å². The number of carbonyl (C=O) groups is 1. The van der Waals surface area contributed by atoms with E-state index in [9.17, 15) is 4.79 Å². The molecule has 0 saturated carbocycles. The Hall–Kier alpha value is -2.36. The summed E-state index contributed by atoms with van der Waals surface area (Å²) in [5.41, 5.74) is 5.42. The van der Waals surface area contributed by atoms with Crippen molar-refractivity contribution in [2.24, 2.45) is 0 Å². The van der Waals surface area contributed by atoms with E-state index in [1.165, 1.54) is 0 Å². The van der Waals surface area contributed by atoms with E-state index in [1.807, 2.05) is 45.0 Å². The maximum Gasteiger partial charge on any atom is 0.262 e. The van der Waals surface area contributed by atoms with Gasteiger partial charge in [0, 0.05) is 12.7 Å². The van der Waals surface area contributed by atoms with Gasteiger partial charge in [0.15, 0.2) is 0 Å². The molecule has 2 heterocycles. The van der Waals surface area contributed by atoms with Gasteiger partial charge in [-0.2, -0.15) is 0 Å². The van der Waals surface area contributed by atoms with Crippen molar-refractivity contribution in [1.29, 1.82) is 0 Å². The predicted octanol–water partition coefficient (Wildman–Crippen LogP) is 3.34. The molecular weight excluding hydrogens is 250 g/mol. The summed E-state index contributed by atoms with van der Waals surface area (Å²) in [6.07, 6.45) is 0. The molecule has 0 unspecified atom stereocenters. The SMILES string of the molecule is Cc1ccc2c(c1)Nc1nc(C)cc(C)c1C(=O)N2C. The smallest absolute Gasteiger partial charge is 0.262 e. The van der Waals surface area contributed by atoms with Gasteiger partial charge >= 0.3 is 0 Å².